The van der Waals surface area contributed by atoms with Gasteiger partial charge in [-0.25, -0.2) is 0 Å². The van der Waals surface area contributed by atoms with Gasteiger partial charge in [-0.2, -0.15) is 23.4 Å². The van der Waals surface area contributed by atoms with Crippen molar-refractivity contribution >= 4 is 17.6 Å². The molecule has 3 aromatic rings. The molecule has 1 saturated heterocycles. The molecule has 1 fully saturated rings. The van der Waals surface area contributed by atoms with Gasteiger partial charge in [-0.3, -0.25) is 19.4 Å². The molecule has 2 unspecified atom stereocenters. The highest BCUT2D eigenvalue weighted by Crippen LogP contribution is 2.34. The Morgan fingerprint density at radius 2 is 1.92 bits per heavy atom. The summed E-state index contributed by atoms with van der Waals surface area (Å²) < 4.78 is 40.6. The lowest BCUT2D eigenvalue weighted by Crippen LogP contribution is -2.39. The van der Waals surface area contributed by atoms with Crippen LogP contribution >= 0.6 is 0 Å². The molecule has 0 spiro atoms. The van der Waals surface area contributed by atoms with Crippen molar-refractivity contribution in [1.29, 1.82) is 0 Å². The molecule has 196 valence electrons. The van der Waals surface area contributed by atoms with E-state index < -0.39 is 12.1 Å². The predicted molar refractivity (Wildman–Crippen MR) is 130 cm³/mol. The summed E-state index contributed by atoms with van der Waals surface area (Å²) in [7, 11) is 0. The summed E-state index contributed by atoms with van der Waals surface area (Å²) >= 11 is 0. The molecule has 0 saturated carbocycles. The van der Waals surface area contributed by atoms with E-state index in [0.29, 0.717) is 23.6 Å². The number of nitrogens with zero attached hydrogens (tertiary/aromatic N) is 4. The number of hydrogen-bond donors (Lipinski definition) is 2. The van der Waals surface area contributed by atoms with Gasteiger partial charge in [-0.1, -0.05) is 24.3 Å². The number of amides is 2. The minimum Gasteiger partial charge on any atom is -0.329 e. The van der Waals surface area contributed by atoms with Gasteiger partial charge in [0, 0.05) is 24.8 Å². The molecule has 0 aliphatic carbocycles. The van der Waals surface area contributed by atoms with Gasteiger partial charge in [-0.05, 0) is 56.2 Å². The van der Waals surface area contributed by atoms with Gasteiger partial charge in [0.1, 0.15) is 0 Å². The first-order valence-electron chi connectivity index (χ1n) is 12.6. The molecule has 2 aliphatic heterocycles. The number of alkyl halides is 3. The number of aryl methyl sites for hydroxylation is 2. The van der Waals surface area contributed by atoms with Crippen LogP contribution in [-0.2, 0) is 24.2 Å². The molecule has 4 heterocycles. The van der Waals surface area contributed by atoms with Crippen molar-refractivity contribution in [3.05, 3.63) is 64.6 Å². The molecule has 37 heavy (non-hydrogen) atoms. The number of aromatic nitrogens is 4. The van der Waals surface area contributed by atoms with E-state index in [4.69, 9.17) is 0 Å². The van der Waals surface area contributed by atoms with Gasteiger partial charge in [-0.15, -0.1) is 0 Å². The van der Waals surface area contributed by atoms with Gasteiger partial charge in [0.25, 0.3) is 5.91 Å². The number of carbonyl (C=O) groups excluding carboxylic acids is 2. The number of nitrogens with one attached hydrogen (secondary N) is 2. The fraction of sp³-hybridized carbons (Fsp3) is 0.462. The van der Waals surface area contributed by atoms with Crippen molar-refractivity contribution in [2.24, 2.45) is 0 Å². The molecule has 5 rings (SSSR count). The first kappa shape index (κ1) is 25.0. The molecule has 11 heteroatoms. The Hall–Kier alpha value is -3.63. The number of rotatable bonds is 6. The van der Waals surface area contributed by atoms with Crippen LogP contribution in [0.15, 0.2) is 36.4 Å². The molecule has 2 atom stereocenters. The van der Waals surface area contributed by atoms with Crippen LogP contribution in [0.2, 0.25) is 0 Å². The topological polar surface area (TPSA) is 95.9 Å². The third-order valence-electron chi connectivity index (χ3n) is 7.21. The van der Waals surface area contributed by atoms with Crippen LogP contribution in [0.3, 0.4) is 0 Å². The molecule has 2 aromatic heterocycles. The van der Waals surface area contributed by atoms with Crippen molar-refractivity contribution in [3.8, 4) is 0 Å². The maximum Gasteiger partial charge on any atom is 0.395 e. The highest BCUT2D eigenvalue weighted by Gasteiger charge is 2.37. The molecule has 2 amide bonds. The fourth-order valence-electron chi connectivity index (χ4n) is 5.07. The van der Waals surface area contributed by atoms with Crippen LogP contribution in [0.5, 0.6) is 0 Å². The summed E-state index contributed by atoms with van der Waals surface area (Å²) in [4.78, 5) is 27.7. The molecule has 1 aromatic carbocycles. The SMILES string of the molecule is CC(c1ccc(CC(=O)Nc2cc(C3CCCCN3C(=O)c3cc4n(n3)CCC4)[nH]n2)cc1)C(F)(F)F. The summed E-state index contributed by atoms with van der Waals surface area (Å²) in [6.07, 6.45) is 0.331. The average molecular weight is 515 g/mol. The Morgan fingerprint density at radius 3 is 2.65 bits per heavy atom. The first-order valence-corrected chi connectivity index (χ1v) is 12.6. The summed E-state index contributed by atoms with van der Waals surface area (Å²) in [6, 6.07) is 9.28. The molecular formula is C26H29F3N6O2. The number of benzene rings is 1. The minimum atomic E-state index is -4.31. The second kappa shape index (κ2) is 10.0. The minimum absolute atomic E-state index is 0.00189. The Balaban J connectivity index is 1.22. The van der Waals surface area contributed by atoms with E-state index in [0.717, 1.165) is 57.0 Å². The summed E-state index contributed by atoms with van der Waals surface area (Å²) in [5, 5.41) is 14.4. The van der Waals surface area contributed by atoms with Crippen LogP contribution < -0.4 is 5.32 Å². The smallest absolute Gasteiger partial charge is 0.329 e. The average Bonchev–Trinajstić information content (AvgIpc) is 3.60. The van der Waals surface area contributed by atoms with E-state index >= 15 is 0 Å². The normalized spacial score (nSPS) is 18.5. The number of hydrogen-bond acceptors (Lipinski definition) is 4. The monoisotopic (exact) mass is 514 g/mol. The third-order valence-corrected chi connectivity index (χ3v) is 7.21. The van der Waals surface area contributed by atoms with Crippen molar-refractivity contribution in [3.63, 3.8) is 0 Å². The van der Waals surface area contributed by atoms with Gasteiger partial charge in [0.15, 0.2) is 11.5 Å². The summed E-state index contributed by atoms with van der Waals surface area (Å²) in [5.41, 5.74) is 3.04. The first-order chi connectivity index (χ1) is 17.7. The number of H-pyrrole nitrogens is 1. The molecule has 2 N–H and O–H groups in total. The number of fused-ring (bicyclic) bond motifs is 1. The number of carbonyl (C=O) groups is 2. The molecule has 2 aliphatic rings. The molecule has 0 bridgehead atoms. The zero-order valence-corrected chi connectivity index (χ0v) is 20.5. The van der Waals surface area contributed by atoms with E-state index in [-0.39, 0.29) is 29.8 Å². The lowest BCUT2D eigenvalue weighted by Gasteiger charge is -2.34. The van der Waals surface area contributed by atoms with Gasteiger partial charge in [0.2, 0.25) is 5.91 Å². The highest BCUT2D eigenvalue weighted by atomic mass is 19.4. The highest BCUT2D eigenvalue weighted by molar-refractivity contribution is 5.93. The van der Waals surface area contributed by atoms with Crippen LogP contribution in [-0.4, -0.2) is 49.4 Å². The van der Waals surface area contributed by atoms with Crippen molar-refractivity contribution in [2.45, 2.75) is 70.1 Å². The molecular weight excluding hydrogens is 485 g/mol. The maximum absolute atomic E-state index is 13.3. The van der Waals surface area contributed by atoms with E-state index in [1.54, 1.807) is 6.07 Å². The third kappa shape index (κ3) is 5.40. The lowest BCUT2D eigenvalue weighted by atomic mass is 9.98. The zero-order chi connectivity index (χ0) is 26.2. The number of likely N-dealkylation sites (tertiary alicyclic amines) is 1. The van der Waals surface area contributed by atoms with Crippen molar-refractivity contribution in [1.82, 2.24) is 24.9 Å². The zero-order valence-electron chi connectivity index (χ0n) is 20.5. The van der Waals surface area contributed by atoms with Crippen LogP contribution in [0, 0.1) is 0 Å². The molecule has 0 radical (unpaired) electrons. The van der Waals surface area contributed by atoms with E-state index in [1.807, 2.05) is 15.6 Å². The van der Waals surface area contributed by atoms with E-state index in [9.17, 15) is 22.8 Å². The molecule has 8 nitrogen and oxygen atoms in total. The Morgan fingerprint density at radius 1 is 1.14 bits per heavy atom. The lowest BCUT2D eigenvalue weighted by molar-refractivity contribution is -0.146. The van der Waals surface area contributed by atoms with Crippen LogP contribution in [0.1, 0.15) is 77.6 Å². The Kier molecular flexibility index (Phi) is 6.78. The summed E-state index contributed by atoms with van der Waals surface area (Å²) in [6.45, 7) is 2.57. The van der Waals surface area contributed by atoms with Gasteiger partial charge in [0.05, 0.1) is 24.1 Å². The van der Waals surface area contributed by atoms with Crippen molar-refractivity contribution in [2.75, 3.05) is 11.9 Å². The summed E-state index contributed by atoms with van der Waals surface area (Å²) in [5.74, 6) is -1.67. The quantitative estimate of drug-likeness (QED) is 0.496. The van der Waals surface area contributed by atoms with Crippen LogP contribution in [0.25, 0.3) is 0 Å². The Bertz CT molecular complexity index is 1260. The standard InChI is InChI=1S/C26H29F3N6O2/c1-16(26(27,28)29)18-9-7-17(8-10-18)13-24(36)30-23-15-20(31-32-23)22-6-2-3-11-34(22)25(37)21-14-19-5-4-12-35(19)33-21/h7-10,14-16,22H,2-6,11-13H2,1H3,(H2,30,31,32,36). The maximum atomic E-state index is 13.3. The van der Waals surface area contributed by atoms with Crippen molar-refractivity contribution < 1.29 is 22.8 Å². The second-order valence-corrected chi connectivity index (χ2v) is 9.80. The van der Waals surface area contributed by atoms with Gasteiger partial charge < -0.3 is 10.2 Å². The number of halogens is 3. The number of anilines is 1. The van der Waals surface area contributed by atoms with E-state index in [1.165, 1.54) is 24.3 Å². The number of aromatic amines is 1. The Labute approximate surface area is 212 Å². The predicted octanol–water partition coefficient (Wildman–Crippen LogP) is 4.77. The van der Waals surface area contributed by atoms with Crippen LogP contribution in [0.4, 0.5) is 19.0 Å². The number of piperidine rings is 1. The van der Waals surface area contributed by atoms with Gasteiger partial charge >= 0.3 is 6.18 Å². The second-order valence-electron chi connectivity index (χ2n) is 9.80. The largest absolute Gasteiger partial charge is 0.395 e. The van der Waals surface area contributed by atoms with E-state index in [2.05, 4.69) is 20.6 Å². The fourth-order valence-corrected chi connectivity index (χ4v) is 5.07.